The van der Waals surface area contributed by atoms with E-state index in [4.69, 9.17) is 5.11 Å². The van der Waals surface area contributed by atoms with E-state index in [9.17, 15) is 9.59 Å². The highest BCUT2D eigenvalue weighted by Crippen LogP contribution is 2.41. The molecular formula is C16H28N2O3. The van der Waals surface area contributed by atoms with Gasteiger partial charge < -0.3 is 15.3 Å². The number of urea groups is 1. The quantitative estimate of drug-likeness (QED) is 0.837. The van der Waals surface area contributed by atoms with Crippen molar-refractivity contribution in [1.82, 2.24) is 10.2 Å². The monoisotopic (exact) mass is 296 g/mol. The van der Waals surface area contributed by atoms with Crippen LogP contribution < -0.4 is 5.32 Å². The van der Waals surface area contributed by atoms with E-state index in [1.807, 2.05) is 6.92 Å². The third kappa shape index (κ3) is 3.89. The Morgan fingerprint density at radius 1 is 1.29 bits per heavy atom. The van der Waals surface area contributed by atoms with Crippen molar-refractivity contribution in [1.29, 1.82) is 0 Å². The third-order valence-electron chi connectivity index (χ3n) is 5.20. The molecule has 2 unspecified atom stereocenters. The fraction of sp³-hybridized carbons (Fsp3) is 0.875. The Kier molecular flexibility index (Phi) is 4.79. The van der Waals surface area contributed by atoms with E-state index in [0.717, 1.165) is 0 Å². The van der Waals surface area contributed by atoms with Gasteiger partial charge in [0.05, 0.1) is 5.92 Å². The molecule has 0 aromatic carbocycles. The number of carboxylic acid groups (broad SMARTS) is 1. The van der Waals surface area contributed by atoms with Crippen molar-refractivity contribution in [3.63, 3.8) is 0 Å². The third-order valence-corrected chi connectivity index (χ3v) is 5.20. The first kappa shape index (κ1) is 16.1. The number of amides is 2. The molecule has 0 bridgehead atoms. The summed E-state index contributed by atoms with van der Waals surface area (Å²) < 4.78 is 0. The minimum Gasteiger partial charge on any atom is -0.481 e. The van der Waals surface area contributed by atoms with E-state index in [1.165, 1.54) is 19.3 Å². The van der Waals surface area contributed by atoms with E-state index in [2.05, 4.69) is 19.2 Å². The van der Waals surface area contributed by atoms with Gasteiger partial charge in [0.25, 0.3) is 0 Å². The topological polar surface area (TPSA) is 69.6 Å². The summed E-state index contributed by atoms with van der Waals surface area (Å²) >= 11 is 0. The maximum Gasteiger partial charge on any atom is 0.317 e. The number of carboxylic acids is 1. The van der Waals surface area contributed by atoms with E-state index in [0.29, 0.717) is 32.0 Å². The Bertz CT molecular complexity index is 404. The fourth-order valence-corrected chi connectivity index (χ4v) is 3.45. The molecule has 0 spiro atoms. The van der Waals surface area contributed by atoms with Gasteiger partial charge in [-0.2, -0.15) is 0 Å². The summed E-state index contributed by atoms with van der Waals surface area (Å²) in [7, 11) is 0. The number of carbonyl (C=O) groups excluding carboxylic acids is 1. The molecular weight excluding hydrogens is 268 g/mol. The van der Waals surface area contributed by atoms with Crippen molar-refractivity contribution >= 4 is 12.0 Å². The number of nitrogens with one attached hydrogen (secondary N) is 1. The lowest BCUT2D eigenvalue weighted by molar-refractivity contribution is -0.143. The van der Waals surface area contributed by atoms with Crippen LogP contribution in [0.1, 0.15) is 46.5 Å². The lowest BCUT2D eigenvalue weighted by Crippen LogP contribution is -2.51. The van der Waals surface area contributed by atoms with Crippen LogP contribution in [0.4, 0.5) is 4.79 Å². The van der Waals surface area contributed by atoms with E-state index < -0.39 is 11.9 Å². The van der Waals surface area contributed by atoms with Gasteiger partial charge in [-0.25, -0.2) is 4.79 Å². The second-order valence-corrected chi connectivity index (χ2v) is 7.56. The molecule has 2 N–H and O–H groups in total. The minimum atomic E-state index is -0.797. The highest BCUT2D eigenvalue weighted by Gasteiger charge is 2.36. The van der Waals surface area contributed by atoms with Gasteiger partial charge in [0.15, 0.2) is 0 Å². The average Bonchev–Trinajstić information content (AvgIpc) is 2.32. The lowest BCUT2D eigenvalue weighted by Gasteiger charge is -2.41. The molecule has 1 aliphatic carbocycles. The zero-order chi connectivity index (χ0) is 15.6. The van der Waals surface area contributed by atoms with Crippen LogP contribution in [0.25, 0.3) is 0 Å². The van der Waals surface area contributed by atoms with Crippen LogP contribution in [0.15, 0.2) is 0 Å². The smallest absolute Gasteiger partial charge is 0.317 e. The minimum absolute atomic E-state index is 0.111. The number of aliphatic carboxylic acids is 1. The molecule has 2 aliphatic rings. The maximum absolute atomic E-state index is 12.3. The lowest BCUT2D eigenvalue weighted by atomic mass is 9.67. The van der Waals surface area contributed by atoms with Crippen molar-refractivity contribution < 1.29 is 14.7 Å². The molecule has 5 nitrogen and oxygen atoms in total. The van der Waals surface area contributed by atoms with E-state index in [1.54, 1.807) is 4.90 Å². The summed E-state index contributed by atoms with van der Waals surface area (Å²) in [5.74, 6) is -0.289. The fourth-order valence-electron chi connectivity index (χ4n) is 3.45. The summed E-state index contributed by atoms with van der Waals surface area (Å²) in [6, 6.07) is -0.111. The molecule has 1 aliphatic heterocycles. The second kappa shape index (κ2) is 6.24. The van der Waals surface area contributed by atoms with Gasteiger partial charge in [0, 0.05) is 19.6 Å². The van der Waals surface area contributed by atoms with Crippen molar-refractivity contribution in [3.8, 4) is 0 Å². The highest BCUT2D eigenvalue weighted by atomic mass is 16.4. The Balaban J connectivity index is 1.85. The van der Waals surface area contributed by atoms with Crippen molar-refractivity contribution in [3.05, 3.63) is 0 Å². The number of nitrogens with zero attached hydrogens (tertiary/aromatic N) is 1. The molecule has 1 heterocycles. The number of likely N-dealkylation sites (tertiary alicyclic amines) is 1. The molecule has 21 heavy (non-hydrogen) atoms. The van der Waals surface area contributed by atoms with Crippen LogP contribution >= 0.6 is 0 Å². The van der Waals surface area contributed by atoms with Crippen LogP contribution in [0.2, 0.25) is 0 Å². The predicted molar refractivity (Wildman–Crippen MR) is 81.0 cm³/mol. The van der Waals surface area contributed by atoms with Gasteiger partial charge in [-0.1, -0.05) is 27.2 Å². The molecule has 5 heteroatoms. The molecule has 2 fully saturated rings. The molecule has 1 saturated carbocycles. The summed E-state index contributed by atoms with van der Waals surface area (Å²) in [5.41, 5.74) is 0.127. The zero-order valence-electron chi connectivity index (χ0n) is 13.4. The molecule has 1 saturated heterocycles. The largest absolute Gasteiger partial charge is 0.481 e. The second-order valence-electron chi connectivity index (χ2n) is 7.56. The van der Waals surface area contributed by atoms with E-state index in [-0.39, 0.29) is 17.4 Å². The number of carbonyl (C=O) groups is 2. The van der Waals surface area contributed by atoms with Gasteiger partial charge >= 0.3 is 12.0 Å². The Hall–Kier alpha value is -1.26. The number of hydrogen-bond donors (Lipinski definition) is 2. The molecule has 2 rings (SSSR count). The zero-order valence-corrected chi connectivity index (χ0v) is 13.4. The number of rotatable bonds is 4. The van der Waals surface area contributed by atoms with Crippen molar-refractivity contribution in [2.75, 3.05) is 19.6 Å². The average molecular weight is 296 g/mol. The van der Waals surface area contributed by atoms with Crippen LogP contribution in [-0.4, -0.2) is 41.6 Å². The van der Waals surface area contributed by atoms with Gasteiger partial charge in [0.1, 0.15) is 0 Å². The van der Waals surface area contributed by atoms with Gasteiger partial charge in [-0.15, -0.1) is 0 Å². The van der Waals surface area contributed by atoms with Crippen LogP contribution in [0.5, 0.6) is 0 Å². The van der Waals surface area contributed by atoms with E-state index >= 15 is 0 Å². The number of hydrogen-bond acceptors (Lipinski definition) is 2. The molecule has 120 valence electrons. The Labute approximate surface area is 127 Å². The van der Waals surface area contributed by atoms with Crippen molar-refractivity contribution in [2.45, 2.75) is 46.5 Å². The van der Waals surface area contributed by atoms with Gasteiger partial charge in [-0.05, 0) is 36.5 Å². The van der Waals surface area contributed by atoms with Crippen LogP contribution in [0.3, 0.4) is 0 Å². The first-order chi connectivity index (χ1) is 9.79. The molecule has 0 aromatic heterocycles. The summed E-state index contributed by atoms with van der Waals surface area (Å²) in [6.07, 6.45) is 4.47. The first-order valence-corrected chi connectivity index (χ1v) is 8.05. The summed E-state index contributed by atoms with van der Waals surface area (Å²) in [6.45, 7) is 8.06. The van der Waals surface area contributed by atoms with Gasteiger partial charge in [0.2, 0.25) is 0 Å². The van der Waals surface area contributed by atoms with Crippen LogP contribution in [-0.2, 0) is 4.79 Å². The number of piperidine rings is 1. The Morgan fingerprint density at radius 2 is 1.95 bits per heavy atom. The van der Waals surface area contributed by atoms with Crippen molar-refractivity contribution in [2.24, 2.45) is 23.2 Å². The normalized spacial score (nSPS) is 27.1. The van der Waals surface area contributed by atoms with Gasteiger partial charge in [-0.3, -0.25) is 4.79 Å². The predicted octanol–water partition coefficient (Wildman–Crippen LogP) is 2.56. The summed E-state index contributed by atoms with van der Waals surface area (Å²) in [5, 5.41) is 12.2. The molecule has 2 amide bonds. The molecule has 0 radical (unpaired) electrons. The maximum atomic E-state index is 12.3. The standard InChI is InChI=1S/C16H28N2O3/c1-11-7-12(14(19)20)9-18(8-11)15(21)17-10-16(2,3)13-5-4-6-13/h11-13H,4-10H2,1-3H3,(H,17,21)(H,19,20). The Morgan fingerprint density at radius 3 is 2.48 bits per heavy atom. The molecule has 0 aromatic rings. The SMILES string of the molecule is CC1CC(C(=O)O)CN(C(=O)NCC(C)(C)C2CCC2)C1. The van der Waals surface area contributed by atoms with Crippen LogP contribution in [0, 0.1) is 23.2 Å². The molecule has 2 atom stereocenters. The summed E-state index contributed by atoms with van der Waals surface area (Å²) in [4.78, 5) is 25.1. The highest BCUT2D eigenvalue weighted by molar-refractivity contribution is 5.76. The first-order valence-electron chi connectivity index (χ1n) is 8.05.